The summed E-state index contributed by atoms with van der Waals surface area (Å²) in [5.41, 5.74) is 1.52. The van der Waals surface area contributed by atoms with E-state index in [0.29, 0.717) is 17.6 Å². The van der Waals surface area contributed by atoms with Gasteiger partial charge in [-0.25, -0.2) is 9.97 Å². The predicted octanol–water partition coefficient (Wildman–Crippen LogP) is 1.74. The van der Waals surface area contributed by atoms with Crippen molar-refractivity contribution in [1.82, 2.24) is 15.0 Å². The van der Waals surface area contributed by atoms with E-state index in [1.54, 1.807) is 12.3 Å². The smallest absolute Gasteiger partial charge is 0.226 e. The first-order valence-corrected chi connectivity index (χ1v) is 6.26. The molecule has 0 bridgehead atoms. The number of aromatic nitrogens is 3. The molecule has 3 heterocycles. The van der Waals surface area contributed by atoms with Crippen LogP contribution in [0, 0.1) is 11.3 Å². The van der Waals surface area contributed by atoms with E-state index in [1.165, 1.54) is 0 Å². The fourth-order valence-corrected chi connectivity index (χ4v) is 2.36. The number of nitrogens with zero attached hydrogens (tertiary/aromatic N) is 5. The van der Waals surface area contributed by atoms with Gasteiger partial charge < -0.3 is 4.90 Å². The Labute approximate surface area is 111 Å². The molecule has 2 aromatic heterocycles. The summed E-state index contributed by atoms with van der Waals surface area (Å²) in [5, 5.41) is 8.87. The minimum atomic E-state index is 0.409. The molecule has 1 fully saturated rings. The Kier molecular flexibility index (Phi) is 3.07. The van der Waals surface area contributed by atoms with Gasteiger partial charge in [0.15, 0.2) is 0 Å². The Morgan fingerprint density at radius 3 is 2.95 bits per heavy atom. The molecule has 1 atom stereocenters. The van der Waals surface area contributed by atoms with Crippen LogP contribution in [-0.2, 0) is 0 Å². The van der Waals surface area contributed by atoms with E-state index >= 15 is 0 Å². The average molecular weight is 251 g/mol. The van der Waals surface area contributed by atoms with Crippen LogP contribution < -0.4 is 4.90 Å². The van der Waals surface area contributed by atoms with Crippen molar-refractivity contribution < 1.29 is 0 Å². The molecular formula is C14H13N5. The van der Waals surface area contributed by atoms with Gasteiger partial charge in [0, 0.05) is 37.1 Å². The average Bonchev–Trinajstić information content (AvgIpc) is 2.98. The van der Waals surface area contributed by atoms with Crippen LogP contribution in [0.2, 0.25) is 0 Å². The fraction of sp³-hybridized carbons (Fsp3) is 0.286. The van der Waals surface area contributed by atoms with Crippen LogP contribution in [0.25, 0.3) is 0 Å². The Balaban J connectivity index is 1.77. The van der Waals surface area contributed by atoms with Crippen molar-refractivity contribution in [2.45, 2.75) is 12.3 Å². The molecule has 5 heteroatoms. The standard InChI is InChI=1S/C14H13N5/c15-9-12-4-7-17-14(18-12)19-8-5-11(10-19)13-3-1-2-6-16-13/h1-4,6-7,11H,5,8,10H2. The minimum Gasteiger partial charge on any atom is -0.340 e. The lowest BCUT2D eigenvalue weighted by molar-refractivity contribution is 0.742. The topological polar surface area (TPSA) is 65.7 Å². The van der Waals surface area contributed by atoms with Crippen LogP contribution in [0.3, 0.4) is 0 Å². The Bertz CT molecular complexity index is 605. The summed E-state index contributed by atoms with van der Waals surface area (Å²) >= 11 is 0. The molecule has 1 aliphatic rings. The highest BCUT2D eigenvalue weighted by atomic mass is 15.3. The summed E-state index contributed by atoms with van der Waals surface area (Å²) in [7, 11) is 0. The third-order valence-electron chi connectivity index (χ3n) is 3.33. The van der Waals surface area contributed by atoms with Crippen LogP contribution in [0.4, 0.5) is 5.95 Å². The van der Waals surface area contributed by atoms with Crippen LogP contribution >= 0.6 is 0 Å². The Morgan fingerprint density at radius 2 is 2.16 bits per heavy atom. The predicted molar refractivity (Wildman–Crippen MR) is 70.6 cm³/mol. The van der Waals surface area contributed by atoms with Gasteiger partial charge in [-0.3, -0.25) is 4.98 Å². The lowest BCUT2D eigenvalue weighted by Gasteiger charge is -2.15. The molecule has 0 radical (unpaired) electrons. The highest BCUT2D eigenvalue weighted by Crippen LogP contribution is 2.27. The van der Waals surface area contributed by atoms with Crippen molar-refractivity contribution in [2.24, 2.45) is 0 Å². The number of nitriles is 1. The molecule has 0 N–H and O–H groups in total. The summed E-state index contributed by atoms with van der Waals surface area (Å²) < 4.78 is 0. The van der Waals surface area contributed by atoms with Crippen molar-refractivity contribution in [1.29, 1.82) is 5.26 Å². The Hall–Kier alpha value is -2.48. The Morgan fingerprint density at radius 1 is 1.21 bits per heavy atom. The molecule has 3 rings (SSSR count). The van der Waals surface area contributed by atoms with Gasteiger partial charge in [0.05, 0.1) is 0 Å². The summed E-state index contributed by atoms with van der Waals surface area (Å²) in [4.78, 5) is 15.0. The molecule has 0 aliphatic carbocycles. The van der Waals surface area contributed by atoms with E-state index in [-0.39, 0.29) is 0 Å². The van der Waals surface area contributed by atoms with Crippen LogP contribution in [-0.4, -0.2) is 28.0 Å². The molecule has 1 aliphatic heterocycles. The monoisotopic (exact) mass is 251 g/mol. The minimum absolute atomic E-state index is 0.409. The first kappa shape index (κ1) is 11.6. The normalized spacial score (nSPS) is 18.3. The maximum absolute atomic E-state index is 8.87. The molecule has 1 unspecified atom stereocenters. The van der Waals surface area contributed by atoms with E-state index in [4.69, 9.17) is 5.26 Å². The van der Waals surface area contributed by atoms with Gasteiger partial charge >= 0.3 is 0 Å². The van der Waals surface area contributed by atoms with E-state index in [1.807, 2.05) is 24.4 Å². The number of pyridine rings is 1. The molecule has 0 aromatic carbocycles. The number of hydrogen-bond acceptors (Lipinski definition) is 5. The summed E-state index contributed by atoms with van der Waals surface area (Å²) in [6.07, 6.45) is 4.50. The number of anilines is 1. The lowest BCUT2D eigenvalue weighted by atomic mass is 10.0. The van der Waals surface area contributed by atoms with Crippen molar-refractivity contribution >= 4 is 5.95 Å². The lowest BCUT2D eigenvalue weighted by Crippen LogP contribution is -2.22. The van der Waals surface area contributed by atoms with Crippen molar-refractivity contribution in [3.63, 3.8) is 0 Å². The highest BCUT2D eigenvalue weighted by molar-refractivity contribution is 5.36. The molecule has 19 heavy (non-hydrogen) atoms. The number of rotatable bonds is 2. The first-order chi connectivity index (χ1) is 9.36. The van der Waals surface area contributed by atoms with E-state index < -0.39 is 0 Å². The third-order valence-corrected chi connectivity index (χ3v) is 3.33. The van der Waals surface area contributed by atoms with Gasteiger partial charge in [-0.05, 0) is 24.6 Å². The van der Waals surface area contributed by atoms with E-state index in [0.717, 1.165) is 25.2 Å². The molecular weight excluding hydrogens is 238 g/mol. The second-order valence-corrected chi connectivity index (χ2v) is 4.54. The fourth-order valence-electron chi connectivity index (χ4n) is 2.36. The van der Waals surface area contributed by atoms with Gasteiger partial charge in [-0.15, -0.1) is 0 Å². The van der Waals surface area contributed by atoms with Crippen LogP contribution in [0.1, 0.15) is 23.7 Å². The largest absolute Gasteiger partial charge is 0.340 e. The zero-order chi connectivity index (χ0) is 13.1. The van der Waals surface area contributed by atoms with Gasteiger partial charge in [0.2, 0.25) is 5.95 Å². The molecule has 5 nitrogen and oxygen atoms in total. The second-order valence-electron chi connectivity index (χ2n) is 4.54. The van der Waals surface area contributed by atoms with E-state index in [9.17, 15) is 0 Å². The third kappa shape index (κ3) is 2.38. The summed E-state index contributed by atoms with van der Waals surface area (Å²) in [6.45, 7) is 1.75. The number of hydrogen-bond donors (Lipinski definition) is 0. The molecule has 1 saturated heterocycles. The molecule has 94 valence electrons. The van der Waals surface area contributed by atoms with Gasteiger partial charge in [0.1, 0.15) is 11.8 Å². The van der Waals surface area contributed by atoms with Crippen molar-refractivity contribution in [2.75, 3.05) is 18.0 Å². The SMILES string of the molecule is N#Cc1ccnc(N2CCC(c3ccccn3)C2)n1. The molecule has 0 amide bonds. The van der Waals surface area contributed by atoms with Crippen molar-refractivity contribution in [3.05, 3.63) is 48.0 Å². The molecule has 0 saturated carbocycles. The van der Waals surface area contributed by atoms with Gasteiger partial charge in [0.25, 0.3) is 0 Å². The zero-order valence-electron chi connectivity index (χ0n) is 10.4. The molecule has 2 aromatic rings. The van der Waals surface area contributed by atoms with Gasteiger partial charge in [-0.1, -0.05) is 6.07 Å². The van der Waals surface area contributed by atoms with Crippen LogP contribution in [0.15, 0.2) is 36.7 Å². The maximum atomic E-state index is 8.87. The summed E-state index contributed by atoms with van der Waals surface area (Å²) in [5.74, 6) is 1.05. The second kappa shape index (κ2) is 5.02. The van der Waals surface area contributed by atoms with Crippen molar-refractivity contribution in [3.8, 4) is 6.07 Å². The maximum Gasteiger partial charge on any atom is 0.226 e. The van der Waals surface area contributed by atoms with Gasteiger partial charge in [-0.2, -0.15) is 5.26 Å². The first-order valence-electron chi connectivity index (χ1n) is 6.26. The zero-order valence-corrected chi connectivity index (χ0v) is 10.4. The quantitative estimate of drug-likeness (QED) is 0.813. The van der Waals surface area contributed by atoms with E-state index in [2.05, 4.69) is 25.9 Å². The van der Waals surface area contributed by atoms with Crippen LogP contribution in [0.5, 0.6) is 0 Å². The highest BCUT2D eigenvalue weighted by Gasteiger charge is 2.26. The molecule has 0 spiro atoms. The summed E-state index contributed by atoms with van der Waals surface area (Å²) in [6, 6.07) is 9.66.